The van der Waals surface area contributed by atoms with Gasteiger partial charge in [-0.1, -0.05) is 42.1 Å². The van der Waals surface area contributed by atoms with E-state index in [9.17, 15) is 9.59 Å². The molecule has 7 nitrogen and oxygen atoms in total. The van der Waals surface area contributed by atoms with Crippen LogP contribution in [0.1, 0.15) is 5.56 Å². The van der Waals surface area contributed by atoms with Gasteiger partial charge in [-0.2, -0.15) is 0 Å². The van der Waals surface area contributed by atoms with Crippen LogP contribution >= 0.6 is 11.8 Å². The first kappa shape index (κ1) is 15.3. The summed E-state index contributed by atoms with van der Waals surface area (Å²) in [5, 5.41) is 9.78. The van der Waals surface area contributed by atoms with E-state index in [4.69, 9.17) is 5.73 Å². The Hall–Kier alpha value is -2.06. The van der Waals surface area contributed by atoms with Crippen LogP contribution in [-0.2, 0) is 17.4 Å². The lowest BCUT2D eigenvalue weighted by Crippen LogP contribution is -2.53. The second-order valence-corrected chi connectivity index (χ2v) is 5.49. The average molecular weight is 307 g/mol. The number of aromatic amines is 1. The monoisotopic (exact) mass is 307 g/mol. The van der Waals surface area contributed by atoms with Crippen molar-refractivity contribution in [1.82, 2.24) is 20.1 Å². The van der Waals surface area contributed by atoms with E-state index in [0.717, 1.165) is 5.56 Å². The van der Waals surface area contributed by atoms with E-state index in [1.165, 1.54) is 16.3 Å². The summed E-state index contributed by atoms with van der Waals surface area (Å²) in [7, 11) is 3.30. The molecule has 1 aromatic carbocycles. The Morgan fingerprint density at radius 1 is 1.48 bits per heavy atom. The zero-order valence-electron chi connectivity index (χ0n) is 11.8. The molecule has 4 N–H and O–H groups in total. The molecule has 112 valence electrons. The fourth-order valence-electron chi connectivity index (χ4n) is 1.99. The molecule has 0 aliphatic rings. The summed E-state index contributed by atoms with van der Waals surface area (Å²) in [5.41, 5.74) is 5.05. The van der Waals surface area contributed by atoms with Gasteiger partial charge in [-0.3, -0.25) is 9.36 Å². The van der Waals surface area contributed by atoms with Crippen LogP contribution in [0.25, 0.3) is 0 Å². The molecule has 1 unspecified atom stereocenters. The van der Waals surface area contributed by atoms with Gasteiger partial charge in [0.05, 0.1) is 0 Å². The summed E-state index contributed by atoms with van der Waals surface area (Å²) in [6.45, 7) is 0. The summed E-state index contributed by atoms with van der Waals surface area (Å²) < 4.78 is 1.39. The Balaban J connectivity index is 2.32. The Labute approximate surface area is 125 Å². The molecule has 0 fully saturated rings. The highest BCUT2D eigenvalue weighted by molar-refractivity contribution is 7.99. The van der Waals surface area contributed by atoms with E-state index in [0.29, 0.717) is 10.9 Å². The van der Waals surface area contributed by atoms with Crippen LogP contribution in [-0.4, -0.2) is 33.5 Å². The van der Waals surface area contributed by atoms with Crippen LogP contribution in [0.15, 0.2) is 40.3 Å². The maximum atomic E-state index is 12.0. The number of amides is 1. The first-order chi connectivity index (χ1) is 10.0. The number of rotatable bonds is 6. The third kappa shape index (κ3) is 2.86. The van der Waals surface area contributed by atoms with Crippen molar-refractivity contribution in [3.8, 4) is 0 Å². The molecule has 21 heavy (non-hydrogen) atoms. The van der Waals surface area contributed by atoms with Gasteiger partial charge >= 0.3 is 5.69 Å². The number of carbonyl (C=O) groups is 1. The molecular formula is C13H17N5O2S. The van der Waals surface area contributed by atoms with E-state index in [2.05, 4.69) is 15.5 Å². The summed E-state index contributed by atoms with van der Waals surface area (Å²) >= 11 is 1.28. The molecule has 0 bridgehead atoms. The van der Waals surface area contributed by atoms with Crippen LogP contribution in [0.2, 0.25) is 0 Å². The SMILES string of the molecule is CNC(CSc1n[nH]c(=O)n1C)(C(N)=O)c1ccccc1. The Bertz CT molecular complexity index is 681. The van der Waals surface area contributed by atoms with Gasteiger partial charge in [0.2, 0.25) is 5.91 Å². The number of nitrogens with two attached hydrogens (primary N) is 1. The lowest BCUT2D eigenvalue weighted by Gasteiger charge is -2.30. The van der Waals surface area contributed by atoms with Crippen LogP contribution in [0.3, 0.4) is 0 Å². The topological polar surface area (TPSA) is 106 Å². The fraction of sp³-hybridized carbons (Fsp3) is 0.308. The van der Waals surface area contributed by atoms with Crippen LogP contribution < -0.4 is 16.7 Å². The number of H-pyrrole nitrogens is 1. The zero-order valence-corrected chi connectivity index (χ0v) is 12.6. The van der Waals surface area contributed by atoms with Crippen molar-refractivity contribution in [1.29, 1.82) is 0 Å². The van der Waals surface area contributed by atoms with Gasteiger partial charge in [-0.05, 0) is 12.6 Å². The lowest BCUT2D eigenvalue weighted by molar-refractivity contribution is -0.123. The van der Waals surface area contributed by atoms with E-state index < -0.39 is 11.4 Å². The van der Waals surface area contributed by atoms with Crippen molar-refractivity contribution >= 4 is 17.7 Å². The molecule has 2 rings (SSSR count). The molecule has 1 heterocycles. The van der Waals surface area contributed by atoms with Crippen molar-refractivity contribution in [3.05, 3.63) is 46.4 Å². The van der Waals surface area contributed by atoms with Crippen molar-refractivity contribution in [2.45, 2.75) is 10.7 Å². The summed E-state index contributed by atoms with van der Waals surface area (Å²) in [6, 6.07) is 9.24. The average Bonchev–Trinajstić information content (AvgIpc) is 2.81. The number of carbonyl (C=O) groups excluding carboxylic acids is 1. The number of nitrogens with one attached hydrogen (secondary N) is 2. The molecule has 2 aromatic rings. The van der Waals surface area contributed by atoms with Crippen LogP contribution in [0.4, 0.5) is 0 Å². The minimum Gasteiger partial charge on any atom is -0.368 e. The van der Waals surface area contributed by atoms with Gasteiger partial charge in [0.1, 0.15) is 5.54 Å². The molecule has 1 amide bonds. The normalized spacial score (nSPS) is 13.8. The molecule has 0 spiro atoms. The zero-order chi connectivity index (χ0) is 15.5. The van der Waals surface area contributed by atoms with Crippen molar-refractivity contribution in [2.24, 2.45) is 12.8 Å². The molecule has 0 radical (unpaired) electrons. The standard InChI is InChI=1S/C13H17N5O2S/c1-15-13(10(14)19,9-6-4-3-5-7-9)8-21-12-17-16-11(20)18(12)2/h3-7,15H,8H2,1-2H3,(H2,14,19)(H,16,20). The van der Waals surface area contributed by atoms with Gasteiger partial charge < -0.3 is 11.1 Å². The van der Waals surface area contributed by atoms with E-state index in [1.807, 2.05) is 30.3 Å². The molecule has 0 aliphatic heterocycles. The van der Waals surface area contributed by atoms with E-state index in [-0.39, 0.29) is 5.69 Å². The molecule has 1 atom stereocenters. The number of hydrogen-bond donors (Lipinski definition) is 3. The molecule has 0 saturated carbocycles. The van der Waals surface area contributed by atoms with Gasteiger partial charge in [0.25, 0.3) is 0 Å². The smallest absolute Gasteiger partial charge is 0.343 e. The van der Waals surface area contributed by atoms with Gasteiger partial charge in [0.15, 0.2) is 5.16 Å². The number of thioether (sulfide) groups is 1. The van der Waals surface area contributed by atoms with Crippen molar-refractivity contribution in [3.63, 3.8) is 0 Å². The number of likely N-dealkylation sites (N-methyl/N-ethyl adjacent to an activating group) is 1. The molecule has 8 heteroatoms. The third-order valence-corrected chi connectivity index (χ3v) is 4.57. The largest absolute Gasteiger partial charge is 0.368 e. The highest BCUT2D eigenvalue weighted by Crippen LogP contribution is 2.28. The van der Waals surface area contributed by atoms with E-state index >= 15 is 0 Å². The Kier molecular flexibility index (Phi) is 4.49. The number of primary amides is 1. The number of aromatic nitrogens is 3. The molecule has 0 aliphatic carbocycles. The summed E-state index contributed by atoms with van der Waals surface area (Å²) in [6.07, 6.45) is 0. The maximum Gasteiger partial charge on any atom is 0.343 e. The number of hydrogen-bond acceptors (Lipinski definition) is 5. The van der Waals surface area contributed by atoms with Gasteiger partial charge in [0, 0.05) is 12.8 Å². The quantitative estimate of drug-likeness (QED) is 0.641. The third-order valence-electron chi connectivity index (χ3n) is 3.37. The molecular weight excluding hydrogens is 290 g/mol. The second kappa shape index (κ2) is 6.15. The predicted octanol–water partition coefficient (Wildman–Crippen LogP) is -0.199. The molecule has 1 aromatic heterocycles. The van der Waals surface area contributed by atoms with E-state index in [1.54, 1.807) is 14.1 Å². The van der Waals surface area contributed by atoms with Crippen LogP contribution in [0, 0.1) is 0 Å². The first-order valence-corrected chi connectivity index (χ1v) is 7.28. The maximum absolute atomic E-state index is 12.0. The van der Waals surface area contributed by atoms with Gasteiger partial charge in [-0.25, -0.2) is 9.89 Å². The fourth-order valence-corrected chi connectivity index (χ4v) is 3.18. The van der Waals surface area contributed by atoms with Gasteiger partial charge in [-0.15, -0.1) is 5.10 Å². The predicted molar refractivity (Wildman–Crippen MR) is 80.9 cm³/mol. The van der Waals surface area contributed by atoms with Crippen molar-refractivity contribution < 1.29 is 4.79 Å². The second-order valence-electron chi connectivity index (χ2n) is 4.54. The first-order valence-electron chi connectivity index (χ1n) is 6.30. The minimum atomic E-state index is -1.03. The highest BCUT2D eigenvalue weighted by Gasteiger charge is 2.37. The molecule has 0 saturated heterocycles. The minimum absolute atomic E-state index is 0.300. The van der Waals surface area contributed by atoms with Crippen molar-refractivity contribution in [2.75, 3.05) is 12.8 Å². The Morgan fingerprint density at radius 2 is 2.14 bits per heavy atom. The highest BCUT2D eigenvalue weighted by atomic mass is 32.2. The lowest BCUT2D eigenvalue weighted by atomic mass is 9.91. The summed E-state index contributed by atoms with van der Waals surface area (Å²) in [4.78, 5) is 23.4. The van der Waals surface area contributed by atoms with Crippen LogP contribution in [0.5, 0.6) is 0 Å². The number of benzene rings is 1. The summed E-state index contributed by atoms with van der Waals surface area (Å²) in [5.74, 6) is -0.162. The number of nitrogens with zero attached hydrogens (tertiary/aromatic N) is 2. The Morgan fingerprint density at radius 3 is 2.62 bits per heavy atom.